The van der Waals surface area contributed by atoms with Gasteiger partial charge in [-0.25, -0.2) is 14.6 Å². The Morgan fingerprint density at radius 2 is 2.38 bits per heavy atom. The molecule has 0 saturated carbocycles. The highest BCUT2D eigenvalue weighted by Gasteiger charge is 2.08. The van der Waals surface area contributed by atoms with E-state index in [1.165, 1.54) is 0 Å². The van der Waals surface area contributed by atoms with Crippen molar-refractivity contribution in [1.29, 1.82) is 0 Å². The number of fused-ring (bicyclic) bond motifs is 1. The van der Waals surface area contributed by atoms with E-state index in [9.17, 15) is 0 Å². The molecule has 0 aliphatic rings. The molecule has 4 nitrogen and oxygen atoms in total. The minimum Gasteiger partial charge on any atom is -0.247 e. The summed E-state index contributed by atoms with van der Waals surface area (Å²) in [6.07, 6.45) is 6.36. The Bertz CT molecular complexity index is 492. The van der Waals surface area contributed by atoms with E-state index in [2.05, 4.69) is 28.6 Å². The number of aromatic nitrogens is 4. The van der Waals surface area contributed by atoms with Gasteiger partial charge >= 0.3 is 0 Å². The summed E-state index contributed by atoms with van der Waals surface area (Å²) in [5, 5.41) is 6.34. The zero-order valence-corrected chi connectivity index (χ0v) is 10.1. The van der Waals surface area contributed by atoms with Gasteiger partial charge in [0, 0.05) is 12.3 Å². The normalized spacial score (nSPS) is 10.8. The Kier molecular flexibility index (Phi) is 3.56. The first-order valence-corrected chi connectivity index (χ1v) is 6.25. The average Bonchev–Trinajstić information content (AvgIpc) is 2.71. The minimum atomic E-state index is 0.852. The second kappa shape index (κ2) is 5.12. The van der Waals surface area contributed by atoms with Gasteiger partial charge < -0.3 is 0 Å². The lowest BCUT2D eigenvalue weighted by molar-refractivity contribution is 0.616. The van der Waals surface area contributed by atoms with Crippen LogP contribution in [0.1, 0.15) is 13.3 Å². The topological polar surface area (TPSA) is 43.6 Å². The number of thioether (sulfide) groups is 1. The Labute approximate surface area is 98.8 Å². The van der Waals surface area contributed by atoms with Crippen LogP contribution in [-0.4, -0.2) is 25.5 Å². The molecule has 2 aromatic rings. The number of rotatable bonds is 5. The van der Waals surface area contributed by atoms with Crippen molar-refractivity contribution in [3.63, 3.8) is 0 Å². The number of hydrogen-bond donors (Lipinski definition) is 0. The van der Waals surface area contributed by atoms with Gasteiger partial charge in [0.15, 0.2) is 5.65 Å². The van der Waals surface area contributed by atoms with E-state index >= 15 is 0 Å². The van der Waals surface area contributed by atoms with E-state index < -0.39 is 0 Å². The fourth-order valence-electron chi connectivity index (χ4n) is 1.50. The first-order valence-electron chi connectivity index (χ1n) is 5.27. The average molecular weight is 234 g/mol. The summed E-state index contributed by atoms with van der Waals surface area (Å²) in [5.41, 5.74) is 0.920. The Morgan fingerprint density at radius 3 is 3.12 bits per heavy atom. The molecule has 0 aliphatic carbocycles. The molecule has 0 unspecified atom stereocenters. The van der Waals surface area contributed by atoms with E-state index in [0.29, 0.717) is 0 Å². The summed E-state index contributed by atoms with van der Waals surface area (Å²) in [6.45, 7) is 6.73. The van der Waals surface area contributed by atoms with Gasteiger partial charge in [-0.3, -0.25) is 0 Å². The van der Waals surface area contributed by atoms with Gasteiger partial charge in [-0.15, -0.1) is 18.3 Å². The fourth-order valence-corrected chi connectivity index (χ4v) is 2.20. The molecule has 0 atom stereocenters. The van der Waals surface area contributed by atoms with Gasteiger partial charge in [-0.05, 0) is 6.42 Å². The van der Waals surface area contributed by atoms with Crippen LogP contribution in [0.2, 0.25) is 0 Å². The maximum atomic E-state index is 4.33. The van der Waals surface area contributed by atoms with Crippen molar-refractivity contribution in [3.8, 4) is 0 Å². The molecule has 5 heteroatoms. The molecule has 2 aromatic heterocycles. The van der Waals surface area contributed by atoms with Gasteiger partial charge in [-0.1, -0.05) is 13.0 Å². The van der Waals surface area contributed by atoms with Crippen LogP contribution in [0.5, 0.6) is 0 Å². The Hall–Kier alpha value is -1.36. The van der Waals surface area contributed by atoms with E-state index in [4.69, 9.17) is 0 Å². The van der Waals surface area contributed by atoms with Crippen LogP contribution in [0.4, 0.5) is 0 Å². The van der Waals surface area contributed by atoms with Crippen LogP contribution in [0.15, 0.2) is 30.2 Å². The van der Waals surface area contributed by atoms with Crippen molar-refractivity contribution in [1.82, 2.24) is 19.7 Å². The molecule has 0 saturated heterocycles. The first-order chi connectivity index (χ1) is 7.86. The van der Waals surface area contributed by atoms with Gasteiger partial charge in [-0.2, -0.15) is 5.10 Å². The highest BCUT2D eigenvalue weighted by Crippen LogP contribution is 2.23. The third-order valence-corrected chi connectivity index (χ3v) is 3.17. The molecule has 0 fully saturated rings. The highest BCUT2D eigenvalue weighted by atomic mass is 32.2. The van der Waals surface area contributed by atoms with Crippen LogP contribution in [0.25, 0.3) is 11.0 Å². The predicted molar refractivity (Wildman–Crippen MR) is 66.5 cm³/mol. The van der Waals surface area contributed by atoms with Crippen molar-refractivity contribution in [2.75, 3.05) is 5.75 Å². The minimum absolute atomic E-state index is 0.852. The van der Waals surface area contributed by atoms with Crippen molar-refractivity contribution in [2.45, 2.75) is 24.9 Å². The summed E-state index contributed by atoms with van der Waals surface area (Å²) >= 11 is 1.66. The van der Waals surface area contributed by atoms with E-state index in [-0.39, 0.29) is 0 Å². The zero-order chi connectivity index (χ0) is 11.4. The second-order valence-electron chi connectivity index (χ2n) is 3.38. The maximum Gasteiger partial charge on any atom is 0.162 e. The highest BCUT2D eigenvalue weighted by molar-refractivity contribution is 7.99. The monoisotopic (exact) mass is 234 g/mol. The lowest BCUT2D eigenvalue weighted by Crippen LogP contribution is -1.99. The summed E-state index contributed by atoms with van der Waals surface area (Å²) in [5.74, 6) is 0.852. The third kappa shape index (κ3) is 2.09. The Morgan fingerprint density at radius 1 is 1.50 bits per heavy atom. The lowest BCUT2D eigenvalue weighted by atomic mass is 10.4. The molecule has 0 aromatic carbocycles. The lowest BCUT2D eigenvalue weighted by Gasteiger charge is -2.01. The van der Waals surface area contributed by atoms with Crippen molar-refractivity contribution >= 4 is 22.8 Å². The van der Waals surface area contributed by atoms with Crippen molar-refractivity contribution in [2.24, 2.45) is 0 Å². The number of aryl methyl sites for hydroxylation is 1. The molecular formula is C11H14N4S. The molecule has 0 N–H and O–H groups in total. The molecule has 0 spiro atoms. The molecule has 2 rings (SSSR count). The molecule has 0 amide bonds. The smallest absolute Gasteiger partial charge is 0.162 e. The third-order valence-electron chi connectivity index (χ3n) is 2.17. The summed E-state index contributed by atoms with van der Waals surface area (Å²) in [6, 6.07) is 0. The molecule has 2 heterocycles. The van der Waals surface area contributed by atoms with E-state index in [1.54, 1.807) is 18.1 Å². The number of nitrogens with zero attached hydrogens (tertiary/aromatic N) is 4. The number of hydrogen-bond acceptors (Lipinski definition) is 4. The summed E-state index contributed by atoms with van der Waals surface area (Å²) in [4.78, 5) is 8.55. The largest absolute Gasteiger partial charge is 0.247 e. The van der Waals surface area contributed by atoms with Gasteiger partial charge in [0.05, 0.1) is 11.6 Å². The van der Waals surface area contributed by atoms with Crippen LogP contribution in [0, 0.1) is 0 Å². The molecule has 0 radical (unpaired) electrons. The molecular weight excluding hydrogens is 220 g/mol. The van der Waals surface area contributed by atoms with Gasteiger partial charge in [0.2, 0.25) is 0 Å². The standard InChI is InChI=1S/C11H14N4S/c1-3-5-15-10-9(7-14-15)11(13-8-12-10)16-6-4-2/h4,7-8H,2-3,5-6H2,1H3. The van der Waals surface area contributed by atoms with Crippen LogP contribution in [-0.2, 0) is 6.54 Å². The van der Waals surface area contributed by atoms with Crippen molar-refractivity contribution in [3.05, 3.63) is 25.2 Å². The second-order valence-corrected chi connectivity index (χ2v) is 4.39. The van der Waals surface area contributed by atoms with Gasteiger partial charge in [0.1, 0.15) is 11.4 Å². The van der Waals surface area contributed by atoms with E-state index in [0.717, 1.165) is 34.8 Å². The van der Waals surface area contributed by atoms with Crippen LogP contribution in [0.3, 0.4) is 0 Å². The van der Waals surface area contributed by atoms with Gasteiger partial charge in [0.25, 0.3) is 0 Å². The zero-order valence-electron chi connectivity index (χ0n) is 9.26. The van der Waals surface area contributed by atoms with E-state index in [1.807, 2.05) is 17.0 Å². The fraction of sp³-hybridized carbons (Fsp3) is 0.364. The maximum absolute atomic E-state index is 4.33. The quantitative estimate of drug-likeness (QED) is 0.453. The first kappa shape index (κ1) is 11.1. The SMILES string of the molecule is C=CCSc1ncnc2c1cnn2CCC. The van der Waals surface area contributed by atoms with Crippen LogP contribution < -0.4 is 0 Å². The van der Waals surface area contributed by atoms with Crippen molar-refractivity contribution < 1.29 is 0 Å². The summed E-state index contributed by atoms with van der Waals surface area (Å²) in [7, 11) is 0. The van der Waals surface area contributed by atoms with Crippen LogP contribution >= 0.6 is 11.8 Å². The molecule has 16 heavy (non-hydrogen) atoms. The molecule has 0 bridgehead atoms. The molecule has 0 aliphatic heterocycles. The predicted octanol–water partition coefficient (Wildman–Crippen LogP) is 2.51. The summed E-state index contributed by atoms with van der Waals surface area (Å²) < 4.78 is 1.93. The Balaban J connectivity index is 2.40. The molecule has 84 valence electrons.